The molecular weight excluding hydrogens is 544 g/mol. The highest BCUT2D eigenvalue weighted by atomic mass is 16.8. The number of fused-ring (bicyclic) bond motifs is 1. The normalized spacial score (nSPS) is 24.3. The first-order chi connectivity index (χ1) is 21.2. The van der Waals surface area contributed by atoms with Gasteiger partial charge in [-0.3, -0.25) is 4.79 Å². The third kappa shape index (κ3) is 11.3. The lowest BCUT2D eigenvalue weighted by Gasteiger charge is -2.47. The van der Waals surface area contributed by atoms with E-state index in [2.05, 4.69) is 6.92 Å². The van der Waals surface area contributed by atoms with Crippen LogP contribution in [0.3, 0.4) is 0 Å². The molecule has 7 nitrogen and oxygen atoms in total. The quantitative estimate of drug-likeness (QED) is 0.130. The molecule has 0 spiro atoms. The molecule has 0 radical (unpaired) electrons. The van der Waals surface area contributed by atoms with E-state index in [1.54, 1.807) is 0 Å². The maximum atomic E-state index is 12.5. The molecule has 43 heavy (non-hydrogen) atoms. The van der Waals surface area contributed by atoms with E-state index in [1.807, 2.05) is 60.7 Å². The molecule has 4 rings (SSSR count). The zero-order valence-electron chi connectivity index (χ0n) is 25.9. The molecule has 0 aliphatic carbocycles. The molecule has 0 aromatic heterocycles. The number of esters is 1. The highest BCUT2D eigenvalue weighted by Crippen LogP contribution is 2.39. The van der Waals surface area contributed by atoms with Gasteiger partial charge in [0.2, 0.25) is 0 Å². The number of carbonyl (C=O) groups excluding carboxylic acids is 1. The Bertz CT molecular complexity index is 1020. The Balaban J connectivity index is 1.17. The standard InChI is InChI=1S/C36H52O7/c1-2-3-4-5-6-7-8-9-10-11-12-13-20-25-32(38)39-26-30(37)33-34-31(41-36(42-33)29-23-18-15-19-24-29)27-40-35(43-34)28-21-16-14-17-22-28/h14-19,21-24,30-31,33-37H,2-13,20,25-27H2,1H3. The minimum atomic E-state index is -1.08. The Labute approximate surface area is 258 Å². The minimum Gasteiger partial charge on any atom is -0.463 e. The van der Waals surface area contributed by atoms with Crippen LogP contribution in [0.2, 0.25) is 0 Å². The zero-order chi connectivity index (χ0) is 30.1. The summed E-state index contributed by atoms with van der Waals surface area (Å²) in [4.78, 5) is 12.5. The molecule has 2 aliphatic heterocycles. The Morgan fingerprint density at radius 2 is 1.28 bits per heavy atom. The lowest BCUT2D eigenvalue weighted by Crippen LogP contribution is -2.58. The van der Waals surface area contributed by atoms with Crippen LogP contribution in [0.25, 0.3) is 0 Å². The highest BCUT2D eigenvalue weighted by molar-refractivity contribution is 5.69. The summed E-state index contributed by atoms with van der Waals surface area (Å²) in [5, 5.41) is 11.2. The third-order valence-corrected chi connectivity index (χ3v) is 8.38. The lowest BCUT2D eigenvalue weighted by molar-refractivity contribution is -0.373. The summed E-state index contributed by atoms with van der Waals surface area (Å²) in [6.07, 6.45) is 12.5. The van der Waals surface area contributed by atoms with E-state index in [4.69, 9.17) is 23.7 Å². The summed E-state index contributed by atoms with van der Waals surface area (Å²) in [5.74, 6) is -0.291. The Hall–Kier alpha value is -2.29. The van der Waals surface area contributed by atoms with Gasteiger partial charge in [0.1, 0.15) is 31.0 Å². The lowest BCUT2D eigenvalue weighted by atomic mass is 9.99. The van der Waals surface area contributed by atoms with Crippen molar-refractivity contribution in [3.63, 3.8) is 0 Å². The maximum absolute atomic E-state index is 12.5. The van der Waals surface area contributed by atoms with E-state index in [1.165, 1.54) is 64.2 Å². The second-order valence-electron chi connectivity index (χ2n) is 11.9. The number of rotatable bonds is 19. The second-order valence-corrected chi connectivity index (χ2v) is 11.9. The Morgan fingerprint density at radius 1 is 0.744 bits per heavy atom. The van der Waals surface area contributed by atoms with Gasteiger partial charge in [-0.1, -0.05) is 145 Å². The average molecular weight is 597 g/mol. The van der Waals surface area contributed by atoms with Crippen LogP contribution in [0.4, 0.5) is 0 Å². The molecule has 2 saturated heterocycles. The van der Waals surface area contributed by atoms with Gasteiger partial charge in [0.15, 0.2) is 12.6 Å². The summed E-state index contributed by atoms with van der Waals surface area (Å²) < 4.78 is 30.2. The van der Waals surface area contributed by atoms with Crippen LogP contribution in [-0.2, 0) is 28.5 Å². The number of hydrogen-bond acceptors (Lipinski definition) is 7. The number of benzene rings is 2. The number of ether oxygens (including phenoxy) is 5. The van der Waals surface area contributed by atoms with Crippen molar-refractivity contribution in [1.29, 1.82) is 0 Å². The topological polar surface area (TPSA) is 83.5 Å². The molecule has 6 atom stereocenters. The van der Waals surface area contributed by atoms with Crippen LogP contribution < -0.4 is 0 Å². The van der Waals surface area contributed by atoms with Gasteiger partial charge >= 0.3 is 5.97 Å². The van der Waals surface area contributed by atoms with Crippen molar-refractivity contribution in [2.45, 2.75) is 134 Å². The molecule has 238 valence electrons. The van der Waals surface area contributed by atoms with E-state index >= 15 is 0 Å². The molecule has 1 N–H and O–H groups in total. The summed E-state index contributed by atoms with van der Waals surface area (Å²) in [7, 11) is 0. The van der Waals surface area contributed by atoms with Gasteiger partial charge in [-0.15, -0.1) is 0 Å². The number of carbonyl (C=O) groups is 1. The van der Waals surface area contributed by atoms with E-state index in [9.17, 15) is 9.90 Å². The van der Waals surface area contributed by atoms with E-state index in [0.29, 0.717) is 13.0 Å². The third-order valence-electron chi connectivity index (χ3n) is 8.38. The molecule has 2 aromatic rings. The van der Waals surface area contributed by atoms with Gasteiger partial charge in [-0.05, 0) is 6.42 Å². The summed E-state index contributed by atoms with van der Waals surface area (Å²) in [5.41, 5.74) is 1.71. The predicted octanol–water partition coefficient (Wildman–Crippen LogP) is 7.97. The SMILES string of the molecule is CCCCCCCCCCCCCCCC(=O)OCC(O)C1OC(c2ccccc2)OC2COC(c3ccccc3)OC21. The monoisotopic (exact) mass is 596 g/mol. The fourth-order valence-corrected chi connectivity index (χ4v) is 5.86. The highest BCUT2D eigenvalue weighted by Gasteiger charge is 2.48. The van der Waals surface area contributed by atoms with Gasteiger partial charge in [-0.2, -0.15) is 0 Å². The molecule has 0 saturated carbocycles. The second kappa shape index (κ2) is 19.2. The van der Waals surface area contributed by atoms with E-state index in [0.717, 1.165) is 30.4 Å². The summed E-state index contributed by atoms with van der Waals surface area (Å²) >= 11 is 0. The Morgan fingerprint density at radius 3 is 1.86 bits per heavy atom. The van der Waals surface area contributed by atoms with Crippen molar-refractivity contribution in [3.8, 4) is 0 Å². The number of hydrogen-bond donors (Lipinski definition) is 1. The molecule has 0 amide bonds. The van der Waals surface area contributed by atoms with Gasteiger partial charge in [-0.25, -0.2) is 0 Å². The molecule has 2 aliphatic rings. The van der Waals surface area contributed by atoms with Crippen molar-refractivity contribution < 1.29 is 33.6 Å². The van der Waals surface area contributed by atoms with Crippen LogP contribution in [0.5, 0.6) is 0 Å². The Kier molecular flexibility index (Phi) is 15.0. The van der Waals surface area contributed by atoms with Crippen molar-refractivity contribution in [1.82, 2.24) is 0 Å². The smallest absolute Gasteiger partial charge is 0.305 e. The van der Waals surface area contributed by atoms with Crippen LogP contribution in [-0.4, -0.2) is 48.7 Å². The van der Waals surface area contributed by atoms with E-state index < -0.39 is 37.0 Å². The molecule has 2 aromatic carbocycles. The molecule has 7 heteroatoms. The molecule has 2 heterocycles. The van der Waals surface area contributed by atoms with Crippen molar-refractivity contribution >= 4 is 5.97 Å². The van der Waals surface area contributed by atoms with Crippen molar-refractivity contribution in [2.24, 2.45) is 0 Å². The van der Waals surface area contributed by atoms with Crippen molar-refractivity contribution in [2.75, 3.05) is 13.2 Å². The fraction of sp³-hybridized carbons (Fsp3) is 0.639. The first kappa shape index (κ1) is 33.6. The van der Waals surface area contributed by atoms with Gasteiger partial charge in [0, 0.05) is 17.5 Å². The summed E-state index contributed by atoms with van der Waals surface area (Å²) in [6.45, 7) is 2.39. The molecule has 6 unspecified atom stereocenters. The molecule has 0 bridgehead atoms. The summed E-state index contributed by atoms with van der Waals surface area (Å²) in [6, 6.07) is 19.3. The predicted molar refractivity (Wildman–Crippen MR) is 166 cm³/mol. The number of aliphatic hydroxyl groups excluding tert-OH is 1. The fourth-order valence-electron chi connectivity index (χ4n) is 5.86. The minimum absolute atomic E-state index is 0.160. The van der Waals surface area contributed by atoms with Gasteiger partial charge in [0.05, 0.1) is 6.61 Å². The zero-order valence-corrected chi connectivity index (χ0v) is 25.9. The number of aliphatic hydroxyl groups is 1. The first-order valence-corrected chi connectivity index (χ1v) is 16.7. The van der Waals surface area contributed by atoms with Crippen LogP contribution >= 0.6 is 0 Å². The average Bonchev–Trinajstić information content (AvgIpc) is 3.05. The van der Waals surface area contributed by atoms with Crippen LogP contribution in [0, 0.1) is 0 Å². The first-order valence-electron chi connectivity index (χ1n) is 16.7. The molecule has 2 fully saturated rings. The van der Waals surface area contributed by atoms with Crippen molar-refractivity contribution in [3.05, 3.63) is 71.8 Å². The largest absolute Gasteiger partial charge is 0.463 e. The van der Waals surface area contributed by atoms with Gasteiger partial charge < -0.3 is 28.8 Å². The number of unbranched alkanes of at least 4 members (excludes halogenated alkanes) is 12. The van der Waals surface area contributed by atoms with Crippen LogP contribution in [0.1, 0.15) is 121 Å². The van der Waals surface area contributed by atoms with Gasteiger partial charge in [0.25, 0.3) is 0 Å². The van der Waals surface area contributed by atoms with E-state index in [-0.39, 0.29) is 12.6 Å². The van der Waals surface area contributed by atoms with Crippen LogP contribution in [0.15, 0.2) is 60.7 Å². The maximum Gasteiger partial charge on any atom is 0.305 e. The molecular formula is C36H52O7.